The van der Waals surface area contributed by atoms with Gasteiger partial charge in [-0.1, -0.05) is 24.3 Å². The van der Waals surface area contributed by atoms with Crippen LogP contribution in [-0.2, 0) is 16.9 Å². The molecule has 6 heteroatoms. The van der Waals surface area contributed by atoms with Gasteiger partial charge >= 0.3 is 6.03 Å². The summed E-state index contributed by atoms with van der Waals surface area (Å²) in [6.45, 7) is 1.62. The number of hydrogen-bond donors (Lipinski definition) is 1. The van der Waals surface area contributed by atoms with Crippen LogP contribution in [0, 0.1) is 11.6 Å². The number of imide groups is 1. The average Bonchev–Trinajstić information content (AvgIpc) is 2.74. The first-order chi connectivity index (χ1) is 10.9. The molecule has 0 aromatic heterocycles. The van der Waals surface area contributed by atoms with Crippen LogP contribution in [0.15, 0.2) is 48.5 Å². The number of amides is 3. The second-order valence-electron chi connectivity index (χ2n) is 5.58. The summed E-state index contributed by atoms with van der Waals surface area (Å²) in [4.78, 5) is 25.9. The van der Waals surface area contributed by atoms with Gasteiger partial charge in [0.05, 0.1) is 6.54 Å². The Labute approximate surface area is 131 Å². The molecule has 1 heterocycles. The number of urea groups is 1. The fourth-order valence-electron chi connectivity index (χ4n) is 2.59. The van der Waals surface area contributed by atoms with E-state index >= 15 is 0 Å². The lowest BCUT2D eigenvalue weighted by atomic mass is 9.92. The minimum absolute atomic E-state index is 0.0434. The van der Waals surface area contributed by atoms with Crippen LogP contribution in [-0.4, -0.2) is 16.8 Å². The Morgan fingerprint density at radius 2 is 1.48 bits per heavy atom. The van der Waals surface area contributed by atoms with Gasteiger partial charge in [-0.3, -0.25) is 9.69 Å². The molecule has 3 rings (SSSR count). The van der Waals surface area contributed by atoms with Crippen LogP contribution in [0.4, 0.5) is 13.6 Å². The maximum Gasteiger partial charge on any atom is 0.325 e. The Morgan fingerprint density at radius 3 is 2.04 bits per heavy atom. The average molecular weight is 316 g/mol. The fraction of sp³-hybridized carbons (Fsp3) is 0.176. The highest BCUT2D eigenvalue weighted by Crippen LogP contribution is 2.29. The molecule has 1 atom stereocenters. The van der Waals surface area contributed by atoms with E-state index < -0.39 is 23.3 Å². The maximum atomic E-state index is 13.1. The first kappa shape index (κ1) is 15.1. The van der Waals surface area contributed by atoms with Gasteiger partial charge in [0.15, 0.2) is 0 Å². The number of hydrogen-bond acceptors (Lipinski definition) is 2. The predicted molar refractivity (Wildman–Crippen MR) is 79.2 cm³/mol. The van der Waals surface area contributed by atoms with E-state index in [0.29, 0.717) is 11.1 Å². The molecular weight excluding hydrogens is 302 g/mol. The van der Waals surface area contributed by atoms with Crippen LogP contribution in [0.2, 0.25) is 0 Å². The van der Waals surface area contributed by atoms with Crippen molar-refractivity contribution in [2.24, 2.45) is 0 Å². The summed E-state index contributed by atoms with van der Waals surface area (Å²) in [5.41, 5.74) is -0.109. The number of benzene rings is 2. The molecule has 0 bridgehead atoms. The first-order valence-electron chi connectivity index (χ1n) is 7.05. The number of nitrogens with zero attached hydrogens (tertiary/aromatic N) is 1. The number of rotatable bonds is 3. The lowest BCUT2D eigenvalue weighted by molar-refractivity contribution is -0.131. The fourth-order valence-corrected chi connectivity index (χ4v) is 2.59. The van der Waals surface area contributed by atoms with E-state index in [1.807, 2.05) is 0 Å². The van der Waals surface area contributed by atoms with Crippen LogP contribution in [0.25, 0.3) is 0 Å². The van der Waals surface area contributed by atoms with Crippen molar-refractivity contribution in [2.45, 2.75) is 19.0 Å². The third-order valence-corrected chi connectivity index (χ3v) is 3.95. The molecule has 0 aliphatic carbocycles. The highest BCUT2D eigenvalue weighted by Gasteiger charge is 2.48. The van der Waals surface area contributed by atoms with E-state index in [-0.39, 0.29) is 12.4 Å². The Hall–Kier alpha value is -2.76. The van der Waals surface area contributed by atoms with Crippen LogP contribution in [0.1, 0.15) is 18.1 Å². The summed E-state index contributed by atoms with van der Waals surface area (Å²) in [7, 11) is 0. The number of carbonyl (C=O) groups is 2. The van der Waals surface area contributed by atoms with Crippen molar-refractivity contribution in [3.63, 3.8) is 0 Å². The molecule has 1 unspecified atom stereocenters. The van der Waals surface area contributed by atoms with E-state index in [4.69, 9.17) is 0 Å². The number of carbonyl (C=O) groups excluding carboxylic acids is 2. The topological polar surface area (TPSA) is 49.4 Å². The van der Waals surface area contributed by atoms with E-state index in [0.717, 1.165) is 4.90 Å². The van der Waals surface area contributed by atoms with Gasteiger partial charge in [0.25, 0.3) is 5.91 Å². The Bertz CT molecular complexity index is 759. The maximum absolute atomic E-state index is 13.1. The molecule has 23 heavy (non-hydrogen) atoms. The summed E-state index contributed by atoms with van der Waals surface area (Å²) < 4.78 is 26.0. The normalized spacial score (nSPS) is 20.7. The van der Waals surface area contributed by atoms with E-state index in [1.54, 1.807) is 6.92 Å². The van der Waals surface area contributed by atoms with Crippen LogP contribution in [0.5, 0.6) is 0 Å². The zero-order valence-electron chi connectivity index (χ0n) is 12.3. The van der Waals surface area contributed by atoms with E-state index in [2.05, 4.69) is 5.32 Å². The third-order valence-electron chi connectivity index (χ3n) is 3.95. The van der Waals surface area contributed by atoms with Crippen LogP contribution in [0.3, 0.4) is 0 Å². The highest BCUT2D eigenvalue weighted by atomic mass is 19.1. The van der Waals surface area contributed by atoms with Gasteiger partial charge in [0.1, 0.15) is 17.2 Å². The van der Waals surface area contributed by atoms with Gasteiger partial charge in [-0.05, 0) is 42.3 Å². The van der Waals surface area contributed by atoms with Crippen molar-refractivity contribution >= 4 is 11.9 Å². The summed E-state index contributed by atoms with van der Waals surface area (Å²) in [5, 5.41) is 2.64. The Morgan fingerprint density at radius 1 is 0.957 bits per heavy atom. The minimum atomic E-state index is -1.25. The van der Waals surface area contributed by atoms with Crippen molar-refractivity contribution in [2.75, 3.05) is 0 Å². The Balaban J connectivity index is 1.87. The second kappa shape index (κ2) is 5.46. The van der Waals surface area contributed by atoms with Gasteiger partial charge in [0, 0.05) is 0 Å². The van der Waals surface area contributed by atoms with Crippen molar-refractivity contribution in [1.29, 1.82) is 0 Å². The van der Waals surface area contributed by atoms with Crippen LogP contribution < -0.4 is 5.32 Å². The monoisotopic (exact) mass is 316 g/mol. The van der Waals surface area contributed by atoms with E-state index in [1.165, 1.54) is 48.5 Å². The summed E-state index contributed by atoms with van der Waals surface area (Å²) >= 11 is 0. The predicted octanol–water partition coefficient (Wildman–Crippen LogP) is 2.93. The zero-order chi connectivity index (χ0) is 16.6. The summed E-state index contributed by atoms with van der Waals surface area (Å²) in [6.07, 6.45) is 0. The third kappa shape index (κ3) is 2.67. The van der Waals surface area contributed by atoms with Gasteiger partial charge in [0.2, 0.25) is 0 Å². The summed E-state index contributed by atoms with van der Waals surface area (Å²) in [5.74, 6) is -1.24. The first-order valence-corrected chi connectivity index (χ1v) is 7.05. The van der Waals surface area contributed by atoms with Gasteiger partial charge in [-0.15, -0.1) is 0 Å². The quantitative estimate of drug-likeness (QED) is 0.885. The molecule has 1 aliphatic heterocycles. The lowest BCUT2D eigenvalue weighted by Crippen LogP contribution is -2.40. The molecule has 1 N–H and O–H groups in total. The highest BCUT2D eigenvalue weighted by molar-refractivity contribution is 6.07. The summed E-state index contributed by atoms with van der Waals surface area (Å²) in [6, 6.07) is 10.5. The molecule has 1 saturated heterocycles. The van der Waals surface area contributed by atoms with Crippen molar-refractivity contribution < 1.29 is 18.4 Å². The smallest absolute Gasteiger partial charge is 0.319 e. The molecule has 0 saturated carbocycles. The molecule has 2 aromatic carbocycles. The molecule has 118 valence electrons. The van der Waals surface area contributed by atoms with Gasteiger partial charge < -0.3 is 5.32 Å². The molecule has 0 radical (unpaired) electrons. The second-order valence-corrected chi connectivity index (χ2v) is 5.58. The number of nitrogens with one attached hydrogen (secondary N) is 1. The molecule has 3 amide bonds. The molecular formula is C17H14F2N2O2. The molecule has 0 spiro atoms. The van der Waals surface area contributed by atoms with Gasteiger partial charge in [-0.25, -0.2) is 13.6 Å². The SMILES string of the molecule is CC1(c2ccc(F)cc2)NC(=O)N(Cc2ccc(F)cc2)C1=O. The van der Waals surface area contributed by atoms with E-state index in [9.17, 15) is 18.4 Å². The van der Waals surface area contributed by atoms with Crippen molar-refractivity contribution in [3.8, 4) is 0 Å². The van der Waals surface area contributed by atoms with Crippen LogP contribution >= 0.6 is 0 Å². The Kier molecular flexibility index (Phi) is 3.60. The largest absolute Gasteiger partial charge is 0.325 e. The van der Waals surface area contributed by atoms with Crippen molar-refractivity contribution in [1.82, 2.24) is 10.2 Å². The minimum Gasteiger partial charge on any atom is -0.319 e. The zero-order valence-corrected chi connectivity index (χ0v) is 12.3. The number of halogens is 2. The standard InChI is InChI=1S/C17H14F2N2O2/c1-17(12-4-8-14(19)9-5-12)15(22)21(16(23)20-17)10-11-2-6-13(18)7-3-11/h2-9H,10H2,1H3,(H,20,23). The molecule has 1 fully saturated rings. The molecule has 2 aromatic rings. The lowest BCUT2D eigenvalue weighted by Gasteiger charge is -2.22. The van der Waals surface area contributed by atoms with Crippen molar-refractivity contribution in [3.05, 3.63) is 71.3 Å². The van der Waals surface area contributed by atoms with Gasteiger partial charge in [-0.2, -0.15) is 0 Å². The molecule has 1 aliphatic rings. The molecule has 4 nitrogen and oxygen atoms in total.